The normalized spacial score (nSPS) is 11.1. The molecule has 2 heterocycles. The van der Waals surface area contributed by atoms with Crippen molar-refractivity contribution in [2.75, 3.05) is 0 Å². The third kappa shape index (κ3) is 1.68. The lowest BCUT2D eigenvalue weighted by atomic mass is 10.2. The van der Waals surface area contributed by atoms with E-state index in [9.17, 15) is 4.79 Å². The second kappa shape index (κ2) is 3.34. The number of aromatic nitrogens is 3. The number of aromatic carboxylic acids is 1. The Morgan fingerprint density at radius 2 is 2.20 bits per heavy atom. The van der Waals surface area contributed by atoms with Crippen molar-refractivity contribution in [2.45, 2.75) is 19.8 Å². The number of carbonyl (C=O) groups is 1. The number of fused-ring (bicyclic) bond motifs is 1. The molecule has 2 aromatic rings. The molecule has 0 atom stereocenters. The highest BCUT2D eigenvalue weighted by atomic mass is 16.4. The van der Waals surface area contributed by atoms with E-state index in [0.717, 1.165) is 5.69 Å². The molecule has 0 spiro atoms. The number of nitrogens with zero attached hydrogens (tertiary/aromatic N) is 3. The van der Waals surface area contributed by atoms with E-state index in [1.54, 1.807) is 4.40 Å². The summed E-state index contributed by atoms with van der Waals surface area (Å²) in [7, 11) is 0. The molecule has 5 nitrogen and oxygen atoms in total. The standard InChI is InChI=1S/C10H11N3O2/c1-6(2)7-4-13-5-8(10(14)15)11-3-9(13)12-7/h3-6H,1-2H3,(H,14,15). The molecule has 0 aromatic carbocycles. The quantitative estimate of drug-likeness (QED) is 0.807. The van der Waals surface area contributed by atoms with E-state index >= 15 is 0 Å². The average Bonchev–Trinajstić information content (AvgIpc) is 2.59. The molecular formula is C10H11N3O2. The molecule has 2 rings (SSSR count). The Morgan fingerprint density at radius 3 is 2.80 bits per heavy atom. The van der Waals surface area contributed by atoms with Gasteiger partial charge >= 0.3 is 5.97 Å². The number of imidazole rings is 1. The van der Waals surface area contributed by atoms with Crippen LogP contribution in [0.3, 0.4) is 0 Å². The zero-order chi connectivity index (χ0) is 11.0. The summed E-state index contributed by atoms with van der Waals surface area (Å²) in [5, 5.41) is 8.76. The van der Waals surface area contributed by atoms with Crippen molar-refractivity contribution < 1.29 is 9.90 Å². The molecule has 15 heavy (non-hydrogen) atoms. The van der Waals surface area contributed by atoms with Gasteiger partial charge in [0, 0.05) is 12.4 Å². The molecule has 0 saturated heterocycles. The lowest BCUT2D eigenvalue weighted by molar-refractivity contribution is 0.0690. The second-order valence-corrected chi connectivity index (χ2v) is 3.66. The van der Waals surface area contributed by atoms with Gasteiger partial charge in [0.15, 0.2) is 11.3 Å². The summed E-state index contributed by atoms with van der Waals surface area (Å²) in [6, 6.07) is 0. The predicted octanol–water partition coefficient (Wildman–Crippen LogP) is 1.55. The van der Waals surface area contributed by atoms with Crippen molar-refractivity contribution in [3.63, 3.8) is 0 Å². The first-order valence-electron chi connectivity index (χ1n) is 4.66. The molecule has 0 aliphatic rings. The maximum absolute atomic E-state index is 10.7. The third-order valence-electron chi connectivity index (χ3n) is 2.17. The molecule has 0 aliphatic heterocycles. The number of hydrogen-bond donors (Lipinski definition) is 1. The van der Waals surface area contributed by atoms with Gasteiger partial charge in [-0.1, -0.05) is 13.8 Å². The molecule has 0 unspecified atom stereocenters. The van der Waals surface area contributed by atoms with E-state index in [2.05, 4.69) is 9.97 Å². The van der Waals surface area contributed by atoms with Crippen molar-refractivity contribution in [3.8, 4) is 0 Å². The maximum Gasteiger partial charge on any atom is 0.356 e. The van der Waals surface area contributed by atoms with E-state index in [0.29, 0.717) is 11.6 Å². The van der Waals surface area contributed by atoms with Crippen LogP contribution in [0.2, 0.25) is 0 Å². The fourth-order valence-electron chi connectivity index (χ4n) is 1.31. The van der Waals surface area contributed by atoms with Crippen LogP contribution >= 0.6 is 0 Å². The molecule has 0 radical (unpaired) electrons. The number of rotatable bonds is 2. The monoisotopic (exact) mass is 205 g/mol. The molecule has 1 N–H and O–H groups in total. The maximum atomic E-state index is 10.7. The molecule has 0 fully saturated rings. The molecule has 2 aromatic heterocycles. The fourth-order valence-corrected chi connectivity index (χ4v) is 1.31. The van der Waals surface area contributed by atoms with Crippen LogP contribution in [0.1, 0.15) is 35.9 Å². The highest BCUT2D eigenvalue weighted by Gasteiger charge is 2.09. The van der Waals surface area contributed by atoms with E-state index < -0.39 is 5.97 Å². The minimum atomic E-state index is -1.03. The Hall–Kier alpha value is -1.91. The van der Waals surface area contributed by atoms with Gasteiger partial charge in [0.1, 0.15) is 0 Å². The van der Waals surface area contributed by atoms with Crippen LogP contribution in [0.4, 0.5) is 0 Å². The van der Waals surface area contributed by atoms with Crippen LogP contribution in [0.5, 0.6) is 0 Å². The van der Waals surface area contributed by atoms with Gasteiger partial charge in [0.2, 0.25) is 0 Å². The van der Waals surface area contributed by atoms with Crippen molar-refractivity contribution >= 4 is 11.6 Å². The lowest BCUT2D eigenvalue weighted by Gasteiger charge is -1.95. The number of carboxylic acids is 1. The van der Waals surface area contributed by atoms with Crippen LogP contribution in [-0.4, -0.2) is 25.4 Å². The smallest absolute Gasteiger partial charge is 0.356 e. The zero-order valence-electron chi connectivity index (χ0n) is 8.51. The van der Waals surface area contributed by atoms with Gasteiger partial charge < -0.3 is 9.51 Å². The van der Waals surface area contributed by atoms with Gasteiger partial charge in [0.25, 0.3) is 0 Å². The van der Waals surface area contributed by atoms with Crippen LogP contribution in [0.15, 0.2) is 18.6 Å². The predicted molar refractivity (Wildman–Crippen MR) is 54.0 cm³/mol. The fraction of sp³-hybridized carbons (Fsp3) is 0.300. The topological polar surface area (TPSA) is 67.5 Å². The van der Waals surface area contributed by atoms with Gasteiger partial charge in [-0.25, -0.2) is 14.8 Å². The molecule has 0 amide bonds. The summed E-state index contributed by atoms with van der Waals surface area (Å²) in [6.07, 6.45) is 4.76. The Balaban J connectivity index is 2.57. The summed E-state index contributed by atoms with van der Waals surface area (Å²) in [5.74, 6) is -0.713. The van der Waals surface area contributed by atoms with Gasteiger partial charge in [-0.15, -0.1) is 0 Å². The van der Waals surface area contributed by atoms with Crippen molar-refractivity contribution in [1.29, 1.82) is 0 Å². The van der Waals surface area contributed by atoms with Gasteiger partial charge in [-0.2, -0.15) is 0 Å². The first kappa shape index (κ1) is 9.64. The molecule has 0 aliphatic carbocycles. The second-order valence-electron chi connectivity index (χ2n) is 3.66. The highest BCUT2D eigenvalue weighted by molar-refractivity contribution is 5.85. The molecule has 0 bridgehead atoms. The molecular weight excluding hydrogens is 194 g/mol. The van der Waals surface area contributed by atoms with Crippen LogP contribution in [0, 0.1) is 0 Å². The zero-order valence-corrected chi connectivity index (χ0v) is 8.51. The van der Waals surface area contributed by atoms with Crippen molar-refractivity contribution in [1.82, 2.24) is 14.4 Å². The van der Waals surface area contributed by atoms with Gasteiger partial charge in [-0.05, 0) is 5.92 Å². The Labute approximate surface area is 86.4 Å². The summed E-state index contributed by atoms with van der Waals surface area (Å²) >= 11 is 0. The van der Waals surface area contributed by atoms with Gasteiger partial charge in [0.05, 0.1) is 11.9 Å². The lowest BCUT2D eigenvalue weighted by Crippen LogP contribution is -2.01. The average molecular weight is 205 g/mol. The largest absolute Gasteiger partial charge is 0.476 e. The molecule has 78 valence electrons. The summed E-state index contributed by atoms with van der Waals surface area (Å²) in [4.78, 5) is 18.8. The van der Waals surface area contributed by atoms with Crippen LogP contribution in [0.25, 0.3) is 5.65 Å². The van der Waals surface area contributed by atoms with Crippen molar-refractivity contribution in [2.24, 2.45) is 0 Å². The van der Waals surface area contributed by atoms with Crippen LogP contribution < -0.4 is 0 Å². The van der Waals surface area contributed by atoms with E-state index in [-0.39, 0.29) is 5.69 Å². The molecule has 0 saturated carbocycles. The first-order chi connectivity index (χ1) is 7.08. The van der Waals surface area contributed by atoms with E-state index in [4.69, 9.17) is 5.11 Å². The summed E-state index contributed by atoms with van der Waals surface area (Å²) in [5.41, 5.74) is 1.62. The summed E-state index contributed by atoms with van der Waals surface area (Å²) in [6.45, 7) is 4.07. The van der Waals surface area contributed by atoms with E-state index in [1.165, 1.54) is 12.4 Å². The Bertz CT molecular complexity index is 516. The van der Waals surface area contributed by atoms with Gasteiger partial charge in [-0.3, -0.25) is 0 Å². The number of carboxylic acid groups (broad SMARTS) is 1. The summed E-state index contributed by atoms with van der Waals surface area (Å²) < 4.78 is 1.69. The minimum Gasteiger partial charge on any atom is -0.476 e. The first-order valence-corrected chi connectivity index (χ1v) is 4.66. The molecule has 5 heteroatoms. The van der Waals surface area contributed by atoms with E-state index in [1.807, 2.05) is 20.0 Å². The van der Waals surface area contributed by atoms with Crippen LogP contribution in [-0.2, 0) is 0 Å². The Morgan fingerprint density at radius 1 is 1.47 bits per heavy atom. The minimum absolute atomic E-state index is 0.0233. The Kier molecular flexibility index (Phi) is 2.15. The highest BCUT2D eigenvalue weighted by Crippen LogP contribution is 2.13. The SMILES string of the molecule is CC(C)c1cn2cc(C(=O)O)ncc2n1. The van der Waals surface area contributed by atoms with Crippen molar-refractivity contribution in [3.05, 3.63) is 30.0 Å². The number of hydrogen-bond acceptors (Lipinski definition) is 3. The third-order valence-corrected chi connectivity index (χ3v) is 2.17.